The largest absolute Gasteiger partial charge is 0.507 e. The van der Waals surface area contributed by atoms with Crippen LogP contribution in [0.2, 0.25) is 0 Å². The number of phenols is 1. The molecule has 1 aromatic rings. The van der Waals surface area contributed by atoms with Gasteiger partial charge in [-0.1, -0.05) is 12.2 Å². The molecule has 0 aromatic heterocycles. The van der Waals surface area contributed by atoms with Crippen LogP contribution in [-0.2, 0) is 20.0 Å². The first-order valence-electron chi connectivity index (χ1n) is 7.90. The number of thioether (sulfide) groups is 1. The van der Waals surface area contributed by atoms with Gasteiger partial charge >= 0.3 is 11.9 Å². The van der Waals surface area contributed by atoms with Crippen molar-refractivity contribution in [2.45, 2.75) is 25.1 Å². The third kappa shape index (κ3) is 4.59. The smallest absolute Gasteiger partial charge is 0.338 e. The molecular formula is C17H21NO6S2. The number of fused-ring (bicyclic) bond motifs is 1. The van der Waals surface area contributed by atoms with Crippen LogP contribution in [0, 0.1) is 6.92 Å². The standard InChI is InChI=1S/C17H21NO6S2/c1-9-13(22-2)6-12(19)10-7-26-8-11(16(20)23-3)18-14(25)4-5-24-17(21)15(9)10/h6,11,19H,4-5,7-8H2,1-3H3,(H,18,25)/t11-/m0/s1. The van der Waals surface area contributed by atoms with Crippen LogP contribution in [0.4, 0.5) is 0 Å². The van der Waals surface area contributed by atoms with Crippen molar-refractivity contribution >= 4 is 40.9 Å². The van der Waals surface area contributed by atoms with Gasteiger partial charge in [0.2, 0.25) is 0 Å². The molecule has 9 heteroatoms. The van der Waals surface area contributed by atoms with Gasteiger partial charge in [0.05, 0.1) is 31.4 Å². The summed E-state index contributed by atoms with van der Waals surface area (Å²) in [5, 5.41) is 13.3. The summed E-state index contributed by atoms with van der Waals surface area (Å²) >= 11 is 6.57. The number of rotatable bonds is 2. The molecule has 0 amide bonds. The van der Waals surface area contributed by atoms with E-state index in [4.69, 9.17) is 26.4 Å². The average Bonchev–Trinajstić information content (AvgIpc) is 2.61. The van der Waals surface area contributed by atoms with Gasteiger partial charge in [-0.2, -0.15) is 11.8 Å². The number of carbonyl (C=O) groups excluding carboxylic acids is 2. The average molecular weight is 399 g/mol. The molecule has 0 spiro atoms. The molecule has 26 heavy (non-hydrogen) atoms. The quantitative estimate of drug-likeness (QED) is 0.572. The Labute approximate surface area is 161 Å². The fourth-order valence-corrected chi connectivity index (χ4v) is 3.89. The van der Waals surface area contributed by atoms with Crippen LogP contribution in [0.3, 0.4) is 0 Å². The molecule has 0 aliphatic carbocycles. The van der Waals surface area contributed by atoms with Crippen molar-refractivity contribution < 1.29 is 28.9 Å². The Morgan fingerprint density at radius 3 is 2.85 bits per heavy atom. The SMILES string of the molecule is COC(=O)[C@@H]1CSCc2c(O)cc(OC)c(C)c2C(=O)OCCC(=S)N1. The number of aromatic hydroxyl groups is 1. The van der Waals surface area contributed by atoms with Gasteiger partial charge in [0, 0.05) is 35.1 Å². The number of esters is 2. The third-order valence-corrected chi connectivity index (χ3v) is 5.35. The van der Waals surface area contributed by atoms with Crippen molar-refractivity contribution in [2.24, 2.45) is 0 Å². The molecule has 7 nitrogen and oxygen atoms in total. The molecule has 0 saturated heterocycles. The zero-order chi connectivity index (χ0) is 19.3. The topological polar surface area (TPSA) is 94.1 Å². The highest BCUT2D eigenvalue weighted by Gasteiger charge is 2.26. The minimum absolute atomic E-state index is 0.0537. The van der Waals surface area contributed by atoms with Crippen LogP contribution in [0.1, 0.15) is 27.9 Å². The molecule has 0 fully saturated rings. The summed E-state index contributed by atoms with van der Waals surface area (Å²) in [6.07, 6.45) is 0.281. The molecule has 2 N–H and O–H groups in total. The Bertz CT molecular complexity index is 722. The Morgan fingerprint density at radius 1 is 1.46 bits per heavy atom. The van der Waals surface area contributed by atoms with E-state index in [1.807, 2.05) is 0 Å². The van der Waals surface area contributed by atoms with E-state index in [2.05, 4.69) is 5.32 Å². The van der Waals surface area contributed by atoms with Gasteiger partial charge in [0.1, 0.15) is 17.5 Å². The fraction of sp³-hybridized carbons (Fsp3) is 0.471. The maximum Gasteiger partial charge on any atom is 0.338 e. The van der Waals surface area contributed by atoms with Crippen LogP contribution in [0.25, 0.3) is 0 Å². The van der Waals surface area contributed by atoms with Crippen molar-refractivity contribution in [3.05, 3.63) is 22.8 Å². The van der Waals surface area contributed by atoms with Gasteiger partial charge in [-0.05, 0) is 6.92 Å². The highest BCUT2D eigenvalue weighted by atomic mass is 32.2. The number of ether oxygens (including phenoxy) is 3. The molecule has 2 rings (SSSR count). The van der Waals surface area contributed by atoms with Crippen molar-refractivity contribution in [2.75, 3.05) is 26.6 Å². The summed E-state index contributed by atoms with van der Waals surface area (Å²) in [7, 11) is 2.78. The lowest BCUT2D eigenvalue weighted by Gasteiger charge is -2.21. The maximum absolute atomic E-state index is 12.6. The van der Waals surface area contributed by atoms with Crippen LogP contribution in [0.5, 0.6) is 11.5 Å². The zero-order valence-corrected chi connectivity index (χ0v) is 16.4. The Hall–Kier alpha value is -2.00. The van der Waals surface area contributed by atoms with Gasteiger partial charge in [-0.3, -0.25) is 0 Å². The lowest BCUT2D eigenvalue weighted by atomic mass is 10.0. The van der Waals surface area contributed by atoms with E-state index in [1.165, 1.54) is 32.0 Å². The van der Waals surface area contributed by atoms with Gasteiger partial charge in [0.25, 0.3) is 0 Å². The second kappa shape index (κ2) is 9.09. The van der Waals surface area contributed by atoms with E-state index in [-0.39, 0.29) is 24.3 Å². The third-order valence-electron chi connectivity index (χ3n) is 3.96. The maximum atomic E-state index is 12.6. The molecule has 1 heterocycles. The number of nitrogens with one attached hydrogen (secondary N) is 1. The van der Waals surface area contributed by atoms with E-state index in [1.54, 1.807) is 6.92 Å². The van der Waals surface area contributed by atoms with E-state index in [0.717, 1.165) is 0 Å². The second-order valence-corrected chi connectivity index (χ2v) is 7.14. The Balaban J connectivity index is 2.39. The minimum atomic E-state index is -0.613. The molecule has 142 valence electrons. The Morgan fingerprint density at radius 2 is 2.19 bits per heavy atom. The van der Waals surface area contributed by atoms with Crippen LogP contribution < -0.4 is 10.1 Å². The van der Waals surface area contributed by atoms with Gasteiger partial charge in [-0.15, -0.1) is 0 Å². The summed E-state index contributed by atoms with van der Waals surface area (Å²) < 4.78 is 15.3. The van der Waals surface area contributed by atoms with E-state index in [0.29, 0.717) is 33.4 Å². The molecule has 0 unspecified atom stereocenters. The summed E-state index contributed by atoms with van der Waals surface area (Å²) in [5.41, 5.74) is 1.32. The second-order valence-electron chi connectivity index (χ2n) is 5.62. The number of phenolic OH excluding ortho intramolecular Hbond substituents is 1. The summed E-state index contributed by atoms with van der Waals surface area (Å²) in [5.74, 6) is 0.0564. The molecule has 1 aliphatic rings. The van der Waals surface area contributed by atoms with Crippen molar-refractivity contribution in [1.82, 2.24) is 5.32 Å². The summed E-state index contributed by atoms with van der Waals surface area (Å²) in [4.78, 5) is 24.9. The number of carbonyl (C=O) groups is 2. The number of benzene rings is 1. The molecule has 1 aromatic carbocycles. The van der Waals surface area contributed by atoms with Crippen molar-refractivity contribution in [3.8, 4) is 11.5 Å². The van der Waals surface area contributed by atoms with Gasteiger partial charge in [0.15, 0.2) is 0 Å². The van der Waals surface area contributed by atoms with Crippen LogP contribution >= 0.6 is 24.0 Å². The molecule has 1 atom stereocenters. The van der Waals surface area contributed by atoms with Crippen molar-refractivity contribution in [1.29, 1.82) is 0 Å². The normalized spacial score (nSPS) is 18.5. The summed E-state index contributed by atoms with van der Waals surface area (Å²) in [6, 6.07) is 0.858. The zero-order valence-electron chi connectivity index (χ0n) is 14.8. The van der Waals surface area contributed by atoms with Crippen molar-refractivity contribution in [3.63, 3.8) is 0 Å². The number of hydrogen-bond donors (Lipinski definition) is 2. The highest BCUT2D eigenvalue weighted by molar-refractivity contribution is 7.98. The highest BCUT2D eigenvalue weighted by Crippen LogP contribution is 2.35. The minimum Gasteiger partial charge on any atom is -0.507 e. The van der Waals surface area contributed by atoms with Gasteiger partial charge < -0.3 is 24.6 Å². The lowest BCUT2D eigenvalue weighted by Crippen LogP contribution is -2.43. The lowest BCUT2D eigenvalue weighted by molar-refractivity contribution is -0.142. The fourth-order valence-electron chi connectivity index (χ4n) is 2.60. The first-order chi connectivity index (χ1) is 12.4. The van der Waals surface area contributed by atoms with Gasteiger partial charge in [-0.25, -0.2) is 9.59 Å². The van der Waals surface area contributed by atoms with E-state index < -0.39 is 18.0 Å². The first-order valence-corrected chi connectivity index (χ1v) is 9.46. The molecular weight excluding hydrogens is 378 g/mol. The predicted octanol–water partition coefficient (Wildman–Crippen LogP) is 1.96. The first kappa shape index (κ1) is 20.3. The Kier molecular flexibility index (Phi) is 7.10. The molecule has 0 radical (unpaired) electrons. The number of methoxy groups -OCH3 is 2. The number of thiocarbonyl (C=S) groups is 1. The summed E-state index contributed by atoms with van der Waals surface area (Å²) in [6.45, 7) is 1.79. The van der Waals surface area contributed by atoms with E-state index >= 15 is 0 Å². The number of cyclic esters (lactones) is 1. The van der Waals surface area contributed by atoms with E-state index in [9.17, 15) is 14.7 Å². The van der Waals surface area contributed by atoms with Crippen LogP contribution in [-0.4, -0.2) is 54.7 Å². The molecule has 1 aliphatic heterocycles. The predicted molar refractivity (Wildman–Crippen MR) is 102 cm³/mol. The molecule has 0 bridgehead atoms. The van der Waals surface area contributed by atoms with Crippen LogP contribution in [0.15, 0.2) is 6.07 Å². The molecule has 0 saturated carbocycles. The monoisotopic (exact) mass is 399 g/mol. The number of hydrogen-bond acceptors (Lipinski definition) is 8.